The molecule has 0 aliphatic heterocycles. The molecule has 1 atom stereocenters. The molecule has 0 bridgehead atoms. The molecular formula is C10H6Li3NO2. The molecule has 0 fully saturated rings. The van der Waals surface area contributed by atoms with Gasteiger partial charge in [0.1, 0.15) is 0 Å². The van der Waals surface area contributed by atoms with E-state index in [0.29, 0.717) is 0 Å². The standard InChI is InChI=1S/C10H7NO2.3Li/c12-10(13)5-7-6-11-9-4-2-1-3-8(7)9;;;/h1-6H,(H,12,13);;;/q-1;;2*+1/p-1. The van der Waals surface area contributed by atoms with Gasteiger partial charge in [-0.05, 0) is 0 Å². The Bertz CT molecular complexity index is 484. The summed E-state index contributed by atoms with van der Waals surface area (Å²) < 4.78 is -0.609. The molecule has 3 nitrogen and oxygen atoms in total. The molecule has 1 heterocycles. The molecule has 0 spiro atoms. The average Bonchev–Trinajstić information content (AvgIpc) is 2.60. The van der Waals surface area contributed by atoms with Crippen LogP contribution in [-0.2, 0) is 4.79 Å². The monoisotopic (exact) mass is 193 g/mol. The summed E-state index contributed by atoms with van der Waals surface area (Å²) in [5, 5.41) is 11.6. The van der Waals surface area contributed by atoms with Crippen molar-refractivity contribution in [1.29, 1.82) is 0 Å². The van der Waals surface area contributed by atoms with Crippen LogP contribution in [0.3, 0.4) is 0 Å². The van der Waals surface area contributed by atoms with Crippen LogP contribution in [0.2, 0.25) is 0 Å². The Morgan fingerprint density at radius 1 is 1.31 bits per heavy atom. The zero-order chi connectivity index (χ0) is 10.1. The zero-order valence-corrected chi connectivity index (χ0v) is 9.73. The number of nitrogens with zero attached hydrogens (tertiary/aromatic N) is 1. The van der Waals surface area contributed by atoms with E-state index >= 15 is 0 Å². The molecule has 1 aromatic heterocycles. The predicted octanol–water partition coefficient (Wildman–Crippen LogP) is -6.24. The summed E-state index contributed by atoms with van der Waals surface area (Å²) in [4.78, 5) is 14.8. The van der Waals surface area contributed by atoms with E-state index in [1.807, 2.05) is 24.3 Å². The Kier molecular flexibility index (Phi) is 6.69. The molecule has 1 unspecified atom stereocenters. The molecule has 0 saturated heterocycles. The fraction of sp³-hybridized carbons (Fsp3) is 0.100. The molecule has 2 rings (SSSR count). The second-order valence-corrected chi connectivity index (χ2v) is 3.27. The molecule has 16 heavy (non-hydrogen) atoms. The van der Waals surface area contributed by atoms with Gasteiger partial charge in [0, 0.05) is 0 Å². The van der Waals surface area contributed by atoms with Crippen LogP contribution in [0.4, 0.5) is 0 Å². The molecule has 0 saturated carbocycles. The number of fused-ring (bicyclic) bond motifs is 1. The number of carboxylic acids is 1. The summed E-state index contributed by atoms with van der Waals surface area (Å²) in [6.45, 7) is 0. The van der Waals surface area contributed by atoms with E-state index < -0.39 is 10.6 Å². The summed E-state index contributed by atoms with van der Waals surface area (Å²) in [5.74, 6) is -1.07. The molecule has 0 N–H and O–H groups in total. The number of carbonyl (C=O) groups excluding carboxylic acids is 1. The predicted molar refractivity (Wildman–Crippen MR) is 50.8 cm³/mol. The van der Waals surface area contributed by atoms with Crippen LogP contribution < -0.4 is 47.8 Å². The van der Waals surface area contributed by atoms with Gasteiger partial charge in [0.15, 0.2) is 0 Å². The molecule has 66 valence electrons. The molecular weight excluding hydrogens is 187 g/mol. The molecule has 6 heteroatoms. The molecule has 2 aromatic rings. The Morgan fingerprint density at radius 2 is 1.94 bits per heavy atom. The number of hydrogen-bond donors (Lipinski definition) is 0. The van der Waals surface area contributed by atoms with Crippen LogP contribution >= 0.6 is 0 Å². The van der Waals surface area contributed by atoms with E-state index in [1.165, 1.54) is 0 Å². The van der Waals surface area contributed by atoms with Crippen LogP contribution in [-0.4, -0.2) is 23.7 Å². The normalized spacial score (nSPS) is 11.4. The first-order valence-electron chi connectivity index (χ1n) is 4.41. The second-order valence-electron chi connectivity index (χ2n) is 3.27. The van der Waals surface area contributed by atoms with Crippen molar-refractivity contribution in [2.75, 3.05) is 0 Å². The maximum atomic E-state index is 10.7. The van der Waals surface area contributed by atoms with E-state index in [1.54, 1.807) is 23.9 Å². The van der Waals surface area contributed by atoms with Crippen molar-refractivity contribution >= 4 is 34.6 Å². The first-order chi connectivity index (χ1) is 6.70. The van der Waals surface area contributed by atoms with Crippen LogP contribution in [0, 0.1) is 0 Å². The van der Waals surface area contributed by atoms with Gasteiger partial charge in [-0.2, -0.15) is 0 Å². The fourth-order valence-electron chi connectivity index (χ4n) is 1.51. The Labute approximate surface area is 127 Å². The number of rotatable bonds is 2. The summed E-state index contributed by atoms with van der Waals surface area (Å²) in [5.41, 5.74) is 1.55. The number of carboxylic acid groups (broad SMARTS) is 1. The molecule has 0 aliphatic carbocycles. The van der Waals surface area contributed by atoms with Gasteiger partial charge >= 0.3 is 128 Å². The quantitative estimate of drug-likeness (QED) is 0.446. The van der Waals surface area contributed by atoms with E-state index in [-0.39, 0.29) is 37.7 Å². The zero-order valence-electron chi connectivity index (χ0n) is 9.73. The van der Waals surface area contributed by atoms with Gasteiger partial charge < -0.3 is 0 Å². The van der Waals surface area contributed by atoms with Crippen molar-refractivity contribution in [2.24, 2.45) is 0 Å². The molecule has 0 amide bonds. The molecule has 0 radical (unpaired) electrons. The Hall–Kier alpha value is 0.0222. The summed E-state index contributed by atoms with van der Waals surface area (Å²) in [6.07, 6.45) is 1.60. The van der Waals surface area contributed by atoms with Crippen molar-refractivity contribution in [3.05, 3.63) is 36.0 Å². The van der Waals surface area contributed by atoms with Gasteiger partial charge in [0.2, 0.25) is 0 Å². The molecule has 1 aromatic carbocycles. The third-order valence-electron chi connectivity index (χ3n) is 2.38. The van der Waals surface area contributed by atoms with Crippen LogP contribution in [0.25, 0.3) is 10.9 Å². The van der Waals surface area contributed by atoms with E-state index in [4.69, 9.17) is 0 Å². The number of hydrogen-bond acceptors (Lipinski definition) is 2. The minimum absolute atomic E-state index is 0. The topological polar surface area (TPSA) is 54.2 Å². The van der Waals surface area contributed by atoms with Gasteiger partial charge in [0.05, 0.1) is 0 Å². The second kappa shape index (κ2) is 6.68. The van der Waals surface area contributed by atoms with Crippen molar-refractivity contribution < 1.29 is 47.6 Å². The van der Waals surface area contributed by atoms with E-state index in [9.17, 15) is 9.90 Å². The van der Waals surface area contributed by atoms with Crippen molar-refractivity contribution in [1.82, 2.24) is 4.98 Å². The SMILES string of the molecule is [Li+].[Li+].[Li][CH](C(=O)[O-])c1c[n-]c2ccccc12. The summed E-state index contributed by atoms with van der Waals surface area (Å²) in [6, 6.07) is 7.48. The van der Waals surface area contributed by atoms with Gasteiger partial charge in [-0.3, -0.25) is 0 Å². The Morgan fingerprint density at radius 3 is 2.56 bits per heavy atom. The molecule has 0 aliphatic rings. The number of aliphatic carboxylic acids is 1. The van der Waals surface area contributed by atoms with Crippen LogP contribution in [0.1, 0.15) is 10.2 Å². The first kappa shape index (κ1) is 16.0. The number of para-hydroxylation sites is 1. The first-order valence-corrected chi connectivity index (χ1v) is 4.41. The minimum atomic E-state index is -1.07. The van der Waals surface area contributed by atoms with Crippen LogP contribution in [0.5, 0.6) is 0 Å². The number of carbonyl (C=O) groups is 1. The van der Waals surface area contributed by atoms with E-state index in [0.717, 1.165) is 16.5 Å². The number of benzene rings is 1. The van der Waals surface area contributed by atoms with Gasteiger partial charge in [-0.1, -0.05) is 0 Å². The summed E-state index contributed by atoms with van der Waals surface area (Å²) >= 11 is 1.61. The van der Waals surface area contributed by atoms with Crippen molar-refractivity contribution in [3.63, 3.8) is 0 Å². The van der Waals surface area contributed by atoms with Gasteiger partial charge in [0.25, 0.3) is 0 Å². The third kappa shape index (κ3) is 3.03. The van der Waals surface area contributed by atoms with Crippen molar-refractivity contribution in [2.45, 2.75) is 4.59 Å². The van der Waals surface area contributed by atoms with Gasteiger partial charge in [-0.15, -0.1) is 0 Å². The third-order valence-corrected chi connectivity index (χ3v) is 2.38. The fourth-order valence-corrected chi connectivity index (χ4v) is 1.51. The number of aromatic nitrogens is 1. The maximum absolute atomic E-state index is 10.7. The summed E-state index contributed by atoms with van der Waals surface area (Å²) in [7, 11) is 0. The van der Waals surface area contributed by atoms with Crippen molar-refractivity contribution in [3.8, 4) is 0 Å². The van der Waals surface area contributed by atoms with E-state index in [2.05, 4.69) is 4.98 Å². The average molecular weight is 193 g/mol. The Balaban J connectivity index is 0.00000112. The van der Waals surface area contributed by atoms with Crippen LogP contribution in [0.15, 0.2) is 30.5 Å². The van der Waals surface area contributed by atoms with Gasteiger partial charge in [-0.25, -0.2) is 0 Å².